The number of nitrogens with two attached hydrogens (primary N) is 4. The van der Waals surface area contributed by atoms with E-state index in [1.807, 2.05) is 68.6 Å². The number of carbonyl (C=O) groups excluding carboxylic acids is 8. The van der Waals surface area contributed by atoms with Crippen molar-refractivity contribution >= 4 is 160 Å². The van der Waals surface area contributed by atoms with Crippen LogP contribution in [0, 0.1) is 33.9 Å². The van der Waals surface area contributed by atoms with Crippen LogP contribution in [-0.4, -0.2) is 89.4 Å². The number of aromatic nitrogens is 3. The second-order valence-corrected chi connectivity index (χ2v) is 32.4. The molecule has 31 nitrogen and oxygen atoms in total. The van der Waals surface area contributed by atoms with E-state index in [9.17, 15) is 68.7 Å². The van der Waals surface area contributed by atoms with E-state index in [0.717, 1.165) is 77.0 Å². The number of fused-ring (bicyclic) bond motifs is 9. The van der Waals surface area contributed by atoms with Gasteiger partial charge >= 0.3 is 11.9 Å². The molecule has 0 radical (unpaired) electrons. The van der Waals surface area contributed by atoms with Crippen LogP contribution in [0.25, 0.3) is 22.3 Å². The van der Waals surface area contributed by atoms with Crippen LogP contribution in [-0.2, 0) is 77.6 Å². The van der Waals surface area contributed by atoms with Crippen LogP contribution < -0.4 is 53.6 Å². The lowest BCUT2D eigenvalue weighted by Crippen LogP contribution is -2.43. The fraction of sp³-hybridized carbons (Fsp3) is 0.291. The number of halogens is 1. The molecule has 2 atom stereocenters. The highest BCUT2D eigenvalue weighted by Crippen LogP contribution is 2.52. The lowest BCUT2D eigenvalue weighted by Gasteiger charge is -2.24. The van der Waals surface area contributed by atoms with Crippen molar-refractivity contribution in [3.8, 4) is 11.4 Å². The van der Waals surface area contributed by atoms with Crippen LogP contribution in [0.1, 0.15) is 149 Å². The summed E-state index contributed by atoms with van der Waals surface area (Å²) in [5.41, 5.74) is 35.5. The fourth-order valence-corrected chi connectivity index (χ4v) is 15.2. The van der Waals surface area contributed by atoms with Crippen LogP contribution in [0.5, 0.6) is 0 Å². The number of nitrogens with zero attached hydrogens (tertiary/aromatic N) is 7. The van der Waals surface area contributed by atoms with Crippen molar-refractivity contribution in [3.05, 3.63) is 237 Å². The van der Waals surface area contributed by atoms with Gasteiger partial charge in [-0.3, -0.25) is 88.5 Å². The zero-order valence-corrected chi connectivity index (χ0v) is 69.4. The number of anilines is 11. The summed E-state index contributed by atoms with van der Waals surface area (Å²) < 4.78 is 5.16. The number of aryl methyl sites for hydroxylation is 2. The molecular formula is C86H93IN16O15. The van der Waals surface area contributed by atoms with Gasteiger partial charge in [0, 0.05) is 119 Å². The van der Waals surface area contributed by atoms with Gasteiger partial charge < -0.3 is 48.6 Å². The molecule has 13 N–H and O–H groups in total. The molecule has 2 aromatic heterocycles. The molecule has 1 saturated carbocycles. The number of nitrogen functional groups attached to an aromatic ring is 2. The van der Waals surface area contributed by atoms with Crippen molar-refractivity contribution in [1.82, 2.24) is 15.2 Å². The molecule has 10 aromatic rings. The van der Waals surface area contributed by atoms with Crippen molar-refractivity contribution in [2.75, 3.05) is 42.1 Å². The zero-order valence-electron chi connectivity index (χ0n) is 67.2. The first kappa shape index (κ1) is 87.3. The summed E-state index contributed by atoms with van der Waals surface area (Å²) >= 11 is 2.23. The van der Waals surface area contributed by atoms with Gasteiger partial charge in [0.15, 0.2) is 0 Å². The number of rotatable bonds is 8. The maximum atomic E-state index is 13.6. The van der Waals surface area contributed by atoms with E-state index < -0.39 is 48.4 Å². The van der Waals surface area contributed by atoms with Crippen molar-refractivity contribution < 1.29 is 57.9 Å². The molecule has 614 valence electrons. The molecule has 32 heteroatoms. The van der Waals surface area contributed by atoms with Crippen molar-refractivity contribution in [2.24, 2.45) is 11.5 Å². The van der Waals surface area contributed by atoms with Gasteiger partial charge in [0.1, 0.15) is 0 Å². The molecule has 0 saturated heterocycles. The van der Waals surface area contributed by atoms with E-state index in [2.05, 4.69) is 70.6 Å². The molecule has 4 aliphatic heterocycles. The minimum atomic E-state index is -0.884. The van der Waals surface area contributed by atoms with Crippen molar-refractivity contribution in [2.45, 2.75) is 162 Å². The molecule has 8 aromatic carbocycles. The highest BCUT2D eigenvalue weighted by Gasteiger charge is 2.49. The Labute approximate surface area is 693 Å². The Kier molecular flexibility index (Phi) is 26.3. The number of nitro benzene ring substituents is 3. The van der Waals surface area contributed by atoms with E-state index in [1.165, 1.54) is 96.5 Å². The lowest BCUT2D eigenvalue weighted by molar-refractivity contribution is -0.385. The minimum Gasteiger partial charge on any atom is -0.399 e. The first-order valence-corrected chi connectivity index (χ1v) is 38.9. The predicted octanol–water partition coefficient (Wildman–Crippen LogP) is 15.6. The van der Waals surface area contributed by atoms with E-state index in [4.69, 9.17) is 22.9 Å². The summed E-state index contributed by atoms with van der Waals surface area (Å²) in [6, 6.07) is 47.3. The molecule has 16 rings (SSSR count). The quantitative estimate of drug-likeness (QED) is 0.0170. The number of nitro groups is 3. The molecular weight excluding hydrogens is 1620 g/mol. The fourth-order valence-electron chi connectivity index (χ4n) is 14.7. The van der Waals surface area contributed by atoms with Crippen molar-refractivity contribution in [1.29, 1.82) is 0 Å². The number of nitrogens with one attached hydrogen (secondary N) is 5. The van der Waals surface area contributed by atoms with E-state index in [0.29, 0.717) is 62.2 Å². The van der Waals surface area contributed by atoms with Gasteiger partial charge in [-0.15, -0.1) is 0 Å². The molecule has 1 fully saturated rings. The smallest absolute Gasteiger partial charge is 0.310 e. The van der Waals surface area contributed by atoms with Crippen LogP contribution >= 0.6 is 22.6 Å². The van der Waals surface area contributed by atoms with E-state index in [-0.39, 0.29) is 64.6 Å². The minimum absolute atomic E-state index is 0.0123. The average Bonchev–Trinajstić information content (AvgIpc) is 1.57. The third-order valence-electron chi connectivity index (χ3n) is 20.9. The second-order valence-electron chi connectivity index (χ2n) is 31.1. The highest BCUT2D eigenvalue weighted by atomic mass is 127. The van der Waals surface area contributed by atoms with Crippen LogP contribution in [0.3, 0.4) is 0 Å². The third-order valence-corrected chi connectivity index (χ3v) is 21.6. The van der Waals surface area contributed by atoms with Gasteiger partial charge in [-0.2, -0.15) is 5.10 Å². The Hall–Kier alpha value is -13.1. The van der Waals surface area contributed by atoms with Crippen LogP contribution in [0.4, 0.5) is 79.6 Å². The first-order chi connectivity index (χ1) is 55.5. The molecule has 1 unspecified atom stereocenters. The molecule has 118 heavy (non-hydrogen) atoms. The maximum absolute atomic E-state index is 13.6. The normalized spacial score (nSPS) is 16.6. The molecule has 0 spiro atoms. The number of hydrogen-bond acceptors (Lipinski definition) is 20. The number of aromatic amines is 2. The topological polar surface area (TPSA) is 470 Å². The Morgan fingerprint density at radius 2 is 0.941 bits per heavy atom. The number of ether oxygens (including phenoxy) is 1. The maximum Gasteiger partial charge on any atom is 0.310 e. The number of amides is 6. The van der Waals surface area contributed by atoms with Gasteiger partial charge in [-0.25, -0.2) is 0 Å². The predicted molar refractivity (Wildman–Crippen MR) is 462 cm³/mol. The summed E-state index contributed by atoms with van der Waals surface area (Å²) in [7, 11) is 0. The first-order valence-electron chi connectivity index (χ1n) is 37.8. The molecule has 2 aliphatic carbocycles. The number of carbonyl (C=O) groups is 8. The Bertz CT molecular complexity index is 5620. The summed E-state index contributed by atoms with van der Waals surface area (Å²) in [5, 5.41) is 49.4. The van der Waals surface area contributed by atoms with E-state index >= 15 is 0 Å². The van der Waals surface area contributed by atoms with E-state index in [1.54, 1.807) is 118 Å². The standard InChI is InChI=1S/C26H25N5O2.C18H17N3O4.C16H15N3O3.C10H10N2O3.C6H6IN.C6H14N2.C4H6O3/c1-14(32)28-16-7-5-8-17(10-16)31-22-11-19-18-9-4-6-15-13-27-30-23(15)24(18)29-21(19)12-20(22)26(2,3)25(31)33;1-11(22)19-12-5-4-6-13(9-12)20-16-8-7-14(21(24)25)10-15(16)18(2,3)17(20)23;1-16(2)13-9-12(19(21)22)6-7-14(13)18(15(16)20)11-5-3-4-10(17)8-11;1-10(2)7-5-6(12(14)15)3-4-8(7)11-9(10)13;7-5-2-1-3-6(8)4-5;7-5-3-1-2-4-6(5)8;1-3(5)7-4(2)6/h5,7-8,10-13,29H,4,6,9H2,1-3H3,(H,27,30)(H,28,32);4-10H,1-3H3,(H,19,22);3-9H,17H2,1-2H3;3-5H,1-2H3,(H,11,13);1-4H,8H2;5-6H,1-4,7-8H2;1-2H3/t;;;;;5-,6?;/m.....0./s1. The SMILES string of the molecule is CC(=O)Nc1cccc(N2C(=O)C(C)(C)c3cc([N+](=O)[O-])ccc32)c1.CC(=O)Nc1cccc(N2C(=O)C(C)(C)c3cc4[nH]c5c(c4cc32)CCCc2cn[nH]c2-5)c1.CC(=O)OC(C)=O.CC1(C)C(=O)N(c2cccc(N)c2)c2ccc([N+](=O)[O-])cc21.CC1(C)C(=O)Nc2ccc([N+](=O)[O-])cc21.NC1CCCC[C@@H]1N.Nc1cccc(I)c1. The van der Waals surface area contributed by atoms with Gasteiger partial charge in [0.2, 0.25) is 35.4 Å². The second kappa shape index (κ2) is 35.6. The molecule has 0 bridgehead atoms. The Morgan fingerprint density at radius 3 is 1.36 bits per heavy atom. The summed E-state index contributed by atoms with van der Waals surface area (Å²) in [6.07, 6.45) is 9.73. The number of hydrogen-bond donors (Lipinski definition) is 9. The monoisotopic (exact) mass is 1720 g/mol. The summed E-state index contributed by atoms with van der Waals surface area (Å²) in [4.78, 5) is 133. The Morgan fingerprint density at radius 1 is 0.508 bits per heavy atom. The van der Waals surface area contributed by atoms with Crippen LogP contribution in [0.15, 0.2) is 170 Å². The van der Waals surface area contributed by atoms with Gasteiger partial charge in [-0.05, 0) is 247 Å². The van der Waals surface area contributed by atoms with Gasteiger partial charge in [0.25, 0.3) is 17.1 Å². The third kappa shape index (κ3) is 19.0. The lowest BCUT2D eigenvalue weighted by atomic mass is 9.85. The zero-order chi connectivity index (χ0) is 86.4. The number of non-ortho nitro benzene ring substituents is 3. The van der Waals surface area contributed by atoms with Gasteiger partial charge in [-0.1, -0.05) is 37.1 Å². The van der Waals surface area contributed by atoms with Crippen molar-refractivity contribution in [3.63, 3.8) is 0 Å². The van der Waals surface area contributed by atoms with Crippen LogP contribution in [0.2, 0.25) is 0 Å². The molecule has 6 heterocycles. The summed E-state index contributed by atoms with van der Waals surface area (Å²) in [5.74, 6) is -1.89. The number of esters is 2. The largest absolute Gasteiger partial charge is 0.399 e. The molecule has 6 amide bonds. The Balaban J connectivity index is 0.000000155. The van der Waals surface area contributed by atoms with Gasteiger partial charge in [0.05, 0.1) is 88.1 Å². The number of H-pyrrole nitrogens is 2. The number of benzene rings is 8. The highest BCUT2D eigenvalue weighted by molar-refractivity contribution is 14.1. The average molecular weight is 1720 g/mol. The molecule has 6 aliphatic rings. The summed E-state index contributed by atoms with van der Waals surface area (Å²) in [6.45, 7) is 19.7.